The normalized spacial score (nSPS) is 18.6. The maximum absolute atomic E-state index is 13.2. The number of pyridine rings is 1. The van der Waals surface area contributed by atoms with E-state index < -0.39 is 52.9 Å². The van der Waals surface area contributed by atoms with Crippen LogP contribution in [0.3, 0.4) is 0 Å². The number of β-lactam (4-membered cyclic amide) rings is 1. The number of nitrogens with two attached hydrogens (primary N) is 2. The molecule has 3 aromatic rings. The van der Waals surface area contributed by atoms with Crippen LogP contribution in [-0.4, -0.2) is 78.6 Å². The quantitative estimate of drug-likeness (QED) is 0.0718. The fraction of sp³-hybridized carbons (Fsp3) is 0.231. The third kappa shape index (κ3) is 6.33. The minimum absolute atomic E-state index is 0.000910. The summed E-state index contributed by atoms with van der Waals surface area (Å²) in [5.41, 5.74) is 12.2. The number of carbonyl (C=O) groups is 5. The largest absolute Gasteiger partial charge is 0.543 e. The van der Waals surface area contributed by atoms with Crippen molar-refractivity contribution in [1.82, 2.24) is 20.2 Å². The summed E-state index contributed by atoms with van der Waals surface area (Å²) in [6, 6.07) is 4.00. The number of halogens is 1. The van der Waals surface area contributed by atoms with Gasteiger partial charge < -0.3 is 41.6 Å². The summed E-state index contributed by atoms with van der Waals surface area (Å²) < 4.78 is 1.69. The molecule has 0 aromatic carbocycles. The predicted molar refractivity (Wildman–Crippen MR) is 158 cm³/mol. The van der Waals surface area contributed by atoms with Crippen molar-refractivity contribution in [3.8, 4) is 11.1 Å². The lowest BCUT2D eigenvalue weighted by atomic mass is 10.0. The SMILES string of the molecule is C[C@H](O/N=C(\C(=O)N[C@@H]1C(=O)N2C(C(=O)[O-])=C(C[n+]3ccc(-c4c[nH]c(C(N)=O)c4)cc3)CSC12)c1nc(N)sc1Cl)C(=O)O. The molecule has 3 atom stereocenters. The van der Waals surface area contributed by atoms with Gasteiger partial charge in [-0.25, -0.2) is 14.3 Å². The number of fused-ring (bicyclic) bond motifs is 1. The number of thioether (sulfide) groups is 1. The molecule has 0 bridgehead atoms. The molecule has 2 aliphatic heterocycles. The first-order valence-corrected chi connectivity index (χ1v) is 15.2. The van der Waals surface area contributed by atoms with Gasteiger partial charge in [0.15, 0.2) is 29.8 Å². The van der Waals surface area contributed by atoms with Gasteiger partial charge in [0.1, 0.15) is 27.1 Å². The van der Waals surface area contributed by atoms with Gasteiger partial charge in [0.25, 0.3) is 17.7 Å². The molecule has 234 valence electrons. The first-order chi connectivity index (χ1) is 21.3. The van der Waals surface area contributed by atoms with Crippen LogP contribution in [0, 0.1) is 0 Å². The highest BCUT2D eigenvalue weighted by atomic mass is 35.5. The average molecular weight is 675 g/mol. The van der Waals surface area contributed by atoms with Crippen molar-refractivity contribution in [3.05, 3.63) is 63.8 Å². The van der Waals surface area contributed by atoms with Gasteiger partial charge in [0.2, 0.25) is 6.10 Å². The Balaban J connectivity index is 1.33. The minimum atomic E-state index is -1.56. The number of hydrogen-bond acceptors (Lipinski definition) is 12. The maximum atomic E-state index is 13.2. The molecule has 0 saturated carbocycles. The number of rotatable bonds is 11. The van der Waals surface area contributed by atoms with Crippen LogP contribution in [0.2, 0.25) is 4.34 Å². The molecule has 0 aliphatic carbocycles. The van der Waals surface area contributed by atoms with Gasteiger partial charge in [0.05, 0.1) is 11.7 Å². The van der Waals surface area contributed by atoms with Crippen molar-refractivity contribution < 1.29 is 43.6 Å². The average Bonchev–Trinajstić information content (AvgIpc) is 3.62. The first-order valence-electron chi connectivity index (χ1n) is 12.9. The maximum Gasteiger partial charge on any atom is 0.347 e. The number of hydrogen-bond donors (Lipinski definition) is 5. The smallest absolute Gasteiger partial charge is 0.347 e. The van der Waals surface area contributed by atoms with E-state index in [0.717, 1.165) is 27.4 Å². The molecule has 1 unspecified atom stereocenters. The standard InChI is InChI=1S/C26H23ClN8O8S2/c1-10(24(39)40)43-33-16(15-19(27)45-26(29)32-15)21(37)31-17-22(38)35-18(25(41)42)13(9-44-23(17)35)8-34-4-2-11(3-5-34)12-6-14(20(28)36)30-7-12/h2-7,10,17,23H,8-9H2,1H3,(H7,28,29,31,32,36,37,39,40,41,42)/b33-16-/t10-,17+,23?/m0/s1. The van der Waals surface area contributed by atoms with E-state index in [1.807, 2.05) is 0 Å². The topological polar surface area (TPSA) is 250 Å². The number of oxime groups is 1. The summed E-state index contributed by atoms with van der Waals surface area (Å²) in [7, 11) is 0. The molecule has 16 nitrogen and oxygen atoms in total. The number of nitrogen functional groups attached to an aromatic ring is 1. The summed E-state index contributed by atoms with van der Waals surface area (Å²) in [6.07, 6.45) is 3.64. The number of anilines is 1. The number of aliphatic carboxylic acids is 2. The van der Waals surface area contributed by atoms with Crippen LogP contribution in [0.15, 0.2) is 53.2 Å². The molecule has 1 fully saturated rings. The summed E-state index contributed by atoms with van der Waals surface area (Å²) in [6.45, 7) is 1.31. The Kier molecular flexibility index (Phi) is 8.80. The van der Waals surface area contributed by atoms with Crippen LogP contribution in [0.1, 0.15) is 23.1 Å². The Morgan fingerprint density at radius 2 is 2.04 bits per heavy atom. The third-order valence-corrected chi connectivity index (χ3v) is 9.19. The second kappa shape index (κ2) is 12.6. The zero-order valence-electron chi connectivity index (χ0n) is 23.1. The number of H-pyrrole nitrogens is 1. The molecular formula is C26H23ClN8O8S2. The molecule has 3 aromatic heterocycles. The van der Waals surface area contributed by atoms with E-state index in [-0.39, 0.29) is 38.9 Å². The summed E-state index contributed by atoms with van der Waals surface area (Å²) >= 11 is 8.21. The van der Waals surface area contributed by atoms with Crippen LogP contribution < -0.4 is 26.5 Å². The van der Waals surface area contributed by atoms with Crippen LogP contribution >= 0.6 is 34.7 Å². The molecule has 19 heteroatoms. The lowest BCUT2D eigenvalue weighted by molar-refractivity contribution is -0.689. The summed E-state index contributed by atoms with van der Waals surface area (Å²) in [5, 5.41) is 26.7. The third-order valence-electron chi connectivity index (χ3n) is 6.77. The van der Waals surface area contributed by atoms with Gasteiger partial charge in [-0.2, -0.15) is 0 Å². The summed E-state index contributed by atoms with van der Waals surface area (Å²) in [4.78, 5) is 73.9. The van der Waals surface area contributed by atoms with Gasteiger partial charge in [0, 0.05) is 35.2 Å². The highest BCUT2D eigenvalue weighted by Gasteiger charge is 2.53. The number of aromatic amines is 1. The van der Waals surface area contributed by atoms with E-state index in [1.165, 1.54) is 18.7 Å². The van der Waals surface area contributed by atoms with Gasteiger partial charge in [-0.05, 0) is 18.6 Å². The highest BCUT2D eigenvalue weighted by Crippen LogP contribution is 2.40. The van der Waals surface area contributed by atoms with Crippen molar-refractivity contribution in [2.24, 2.45) is 10.9 Å². The number of primary amides is 1. The van der Waals surface area contributed by atoms with E-state index in [0.29, 0.717) is 5.57 Å². The Morgan fingerprint density at radius 1 is 1.33 bits per heavy atom. The number of thiazole rings is 1. The van der Waals surface area contributed by atoms with Gasteiger partial charge in [-0.15, -0.1) is 11.8 Å². The monoisotopic (exact) mass is 674 g/mol. The van der Waals surface area contributed by atoms with Crippen molar-refractivity contribution in [2.75, 3.05) is 11.5 Å². The van der Waals surface area contributed by atoms with E-state index in [4.69, 9.17) is 33.0 Å². The Labute approximate surface area is 266 Å². The lowest BCUT2D eigenvalue weighted by Crippen LogP contribution is -2.71. The second-order valence-corrected chi connectivity index (χ2v) is 12.5. The van der Waals surface area contributed by atoms with Crippen LogP contribution in [0.4, 0.5) is 5.13 Å². The Bertz CT molecular complexity index is 1790. The fourth-order valence-corrected chi connectivity index (χ4v) is 6.78. The molecule has 0 radical (unpaired) electrons. The number of carbonyl (C=O) groups excluding carboxylic acids is 4. The number of amides is 3. The van der Waals surface area contributed by atoms with Gasteiger partial charge >= 0.3 is 5.97 Å². The number of nitrogens with one attached hydrogen (secondary N) is 2. The minimum Gasteiger partial charge on any atom is -0.543 e. The zero-order valence-corrected chi connectivity index (χ0v) is 25.4. The molecule has 45 heavy (non-hydrogen) atoms. The van der Waals surface area contributed by atoms with E-state index in [1.54, 1.807) is 41.4 Å². The van der Waals surface area contributed by atoms with E-state index in [2.05, 4.69) is 20.4 Å². The lowest BCUT2D eigenvalue weighted by Gasteiger charge is -2.50. The second-order valence-electron chi connectivity index (χ2n) is 9.73. The molecule has 2 aliphatic rings. The number of aromatic nitrogens is 3. The van der Waals surface area contributed by atoms with Crippen LogP contribution in [-0.2, 0) is 30.6 Å². The summed E-state index contributed by atoms with van der Waals surface area (Å²) in [5.74, 6) is -4.97. The van der Waals surface area contributed by atoms with E-state index >= 15 is 0 Å². The molecule has 7 N–H and O–H groups in total. The number of carboxylic acids is 2. The van der Waals surface area contributed by atoms with Crippen molar-refractivity contribution >= 4 is 75.2 Å². The van der Waals surface area contributed by atoms with Gasteiger partial charge in [-0.1, -0.05) is 28.1 Å². The predicted octanol–water partition coefficient (Wildman–Crippen LogP) is -0.942. The molecule has 5 heterocycles. The van der Waals surface area contributed by atoms with Crippen LogP contribution in [0.5, 0.6) is 0 Å². The first kappa shape index (κ1) is 31.5. The molecule has 5 rings (SSSR count). The van der Waals surface area contributed by atoms with Crippen LogP contribution in [0.25, 0.3) is 11.1 Å². The van der Waals surface area contributed by atoms with Crippen molar-refractivity contribution in [2.45, 2.75) is 31.0 Å². The molecular weight excluding hydrogens is 652 g/mol. The van der Waals surface area contributed by atoms with Gasteiger partial charge in [-0.3, -0.25) is 19.3 Å². The Morgan fingerprint density at radius 3 is 2.62 bits per heavy atom. The van der Waals surface area contributed by atoms with Crippen molar-refractivity contribution in [3.63, 3.8) is 0 Å². The van der Waals surface area contributed by atoms with Crippen molar-refractivity contribution in [1.29, 1.82) is 0 Å². The molecule has 0 spiro atoms. The fourth-order valence-electron chi connectivity index (χ4n) is 4.51. The number of carboxylic acid groups (broad SMARTS) is 2. The molecule has 3 amide bonds. The Hall–Kier alpha value is -4.94. The zero-order chi connectivity index (χ0) is 32.6. The highest BCUT2D eigenvalue weighted by molar-refractivity contribution is 8.00. The number of nitrogens with zero attached hydrogens (tertiary/aromatic N) is 4. The molecule has 1 saturated heterocycles. The van der Waals surface area contributed by atoms with E-state index in [9.17, 15) is 29.1 Å².